The Morgan fingerprint density at radius 1 is 1.41 bits per heavy atom. The molecule has 1 aromatic heterocycles. The first-order chi connectivity index (χ1) is 8.15. The van der Waals surface area contributed by atoms with Crippen LogP contribution < -0.4 is 5.32 Å². The van der Waals surface area contributed by atoms with Gasteiger partial charge >= 0.3 is 0 Å². The van der Waals surface area contributed by atoms with Gasteiger partial charge in [-0.05, 0) is 53.2 Å². The second-order valence-corrected chi connectivity index (χ2v) is 7.68. The van der Waals surface area contributed by atoms with Crippen LogP contribution in [0.4, 0.5) is 0 Å². The molecule has 0 radical (unpaired) electrons. The third-order valence-electron chi connectivity index (χ3n) is 3.56. The van der Waals surface area contributed by atoms with Crippen molar-refractivity contribution in [3.05, 3.63) is 19.8 Å². The summed E-state index contributed by atoms with van der Waals surface area (Å²) in [4.78, 5) is 1.31. The molecule has 2 rings (SSSR count). The lowest BCUT2D eigenvalue weighted by molar-refractivity contribution is 0.281. The monoisotopic (exact) mass is 335 g/mol. The van der Waals surface area contributed by atoms with Gasteiger partial charge in [0, 0.05) is 15.9 Å². The predicted octanol–water partition coefficient (Wildman–Crippen LogP) is 5.08. The molecule has 96 valence electrons. The van der Waals surface area contributed by atoms with Gasteiger partial charge in [-0.15, -0.1) is 11.3 Å². The lowest BCUT2D eigenvalue weighted by Crippen LogP contribution is -2.25. The first kappa shape index (κ1) is 13.9. The number of rotatable bonds is 4. The highest BCUT2D eigenvalue weighted by atomic mass is 79.9. The summed E-state index contributed by atoms with van der Waals surface area (Å²) in [5, 5.41) is 3.56. The number of nitrogens with one attached hydrogen (secondary N) is 1. The average molecular weight is 337 g/mol. The topological polar surface area (TPSA) is 12.0 Å². The molecule has 17 heavy (non-hydrogen) atoms. The van der Waals surface area contributed by atoms with E-state index in [2.05, 4.69) is 34.2 Å². The summed E-state index contributed by atoms with van der Waals surface area (Å²) in [6.07, 6.45) is 5.59. The largest absolute Gasteiger partial charge is 0.312 e. The molecule has 0 amide bonds. The van der Waals surface area contributed by atoms with Crippen LogP contribution in [0, 0.1) is 11.8 Å². The molecule has 0 spiro atoms. The third-order valence-corrected chi connectivity index (χ3v) is 6.04. The van der Waals surface area contributed by atoms with Crippen LogP contribution in [0.25, 0.3) is 0 Å². The van der Waals surface area contributed by atoms with Gasteiger partial charge in [0.15, 0.2) is 0 Å². The van der Waals surface area contributed by atoms with Gasteiger partial charge in [-0.3, -0.25) is 0 Å². The molecule has 1 aliphatic rings. The summed E-state index contributed by atoms with van der Waals surface area (Å²) in [6.45, 7) is 4.47. The van der Waals surface area contributed by atoms with Crippen molar-refractivity contribution >= 4 is 38.9 Å². The Morgan fingerprint density at radius 3 is 2.71 bits per heavy atom. The molecule has 0 bridgehead atoms. The Balaban J connectivity index is 1.69. The highest BCUT2D eigenvalue weighted by Gasteiger charge is 2.17. The van der Waals surface area contributed by atoms with E-state index in [9.17, 15) is 0 Å². The molecule has 1 N–H and O–H groups in total. The van der Waals surface area contributed by atoms with E-state index < -0.39 is 0 Å². The summed E-state index contributed by atoms with van der Waals surface area (Å²) < 4.78 is 1.88. The Morgan fingerprint density at radius 2 is 2.12 bits per heavy atom. The van der Waals surface area contributed by atoms with Crippen LogP contribution in [-0.4, -0.2) is 6.54 Å². The molecule has 4 heteroatoms. The van der Waals surface area contributed by atoms with Gasteiger partial charge in [0.25, 0.3) is 0 Å². The molecule has 1 aromatic rings. The summed E-state index contributed by atoms with van der Waals surface area (Å²) in [7, 11) is 0. The van der Waals surface area contributed by atoms with Gasteiger partial charge in [0.1, 0.15) is 4.34 Å². The van der Waals surface area contributed by atoms with Crippen molar-refractivity contribution in [2.45, 2.75) is 39.2 Å². The van der Waals surface area contributed by atoms with Gasteiger partial charge in [-0.1, -0.05) is 31.4 Å². The minimum Gasteiger partial charge on any atom is -0.312 e. The minimum absolute atomic E-state index is 0.855. The highest BCUT2D eigenvalue weighted by Crippen LogP contribution is 2.32. The average Bonchev–Trinajstić information content (AvgIpc) is 2.61. The number of hydrogen-bond donors (Lipinski definition) is 1. The van der Waals surface area contributed by atoms with Crippen LogP contribution in [0.2, 0.25) is 4.34 Å². The van der Waals surface area contributed by atoms with Gasteiger partial charge in [-0.25, -0.2) is 0 Å². The summed E-state index contributed by atoms with van der Waals surface area (Å²) in [6, 6.07) is 2.11. The van der Waals surface area contributed by atoms with Crippen molar-refractivity contribution in [2.24, 2.45) is 11.8 Å². The second-order valence-electron chi connectivity index (χ2n) is 5.09. The predicted molar refractivity (Wildman–Crippen MR) is 79.9 cm³/mol. The summed E-state index contributed by atoms with van der Waals surface area (Å²) in [5.74, 6) is 1.82. The van der Waals surface area contributed by atoms with Crippen LogP contribution >= 0.6 is 38.9 Å². The Bertz CT molecular complexity index is 339. The fourth-order valence-electron chi connectivity index (χ4n) is 2.41. The maximum Gasteiger partial charge on any atom is 0.107 e. The first-order valence-electron chi connectivity index (χ1n) is 6.29. The van der Waals surface area contributed by atoms with Crippen molar-refractivity contribution < 1.29 is 0 Å². The van der Waals surface area contributed by atoms with E-state index in [0.29, 0.717) is 0 Å². The van der Waals surface area contributed by atoms with E-state index in [1.807, 2.05) is 0 Å². The maximum atomic E-state index is 6.02. The van der Waals surface area contributed by atoms with E-state index in [4.69, 9.17) is 11.6 Å². The first-order valence-corrected chi connectivity index (χ1v) is 8.28. The normalized spacial score (nSPS) is 25.1. The summed E-state index contributed by atoms with van der Waals surface area (Å²) in [5.41, 5.74) is 0. The third kappa shape index (κ3) is 4.23. The number of halogens is 2. The molecule has 0 aromatic carbocycles. The van der Waals surface area contributed by atoms with Crippen molar-refractivity contribution in [1.29, 1.82) is 0 Å². The lowest BCUT2D eigenvalue weighted by Gasteiger charge is -2.26. The smallest absolute Gasteiger partial charge is 0.107 e. The van der Waals surface area contributed by atoms with Crippen molar-refractivity contribution in [2.75, 3.05) is 6.54 Å². The molecule has 1 heterocycles. The fraction of sp³-hybridized carbons (Fsp3) is 0.692. The zero-order valence-corrected chi connectivity index (χ0v) is 13.3. The van der Waals surface area contributed by atoms with Gasteiger partial charge in [0.2, 0.25) is 0 Å². The van der Waals surface area contributed by atoms with Crippen LogP contribution in [0.1, 0.15) is 37.5 Å². The van der Waals surface area contributed by atoms with Crippen LogP contribution in [-0.2, 0) is 6.54 Å². The molecule has 0 aliphatic heterocycles. The van der Waals surface area contributed by atoms with Crippen molar-refractivity contribution in [3.8, 4) is 0 Å². The Kier molecular flexibility index (Phi) is 5.34. The zero-order valence-electron chi connectivity index (χ0n) is 10.1. The lowest BCUT2D eigenvalue weighted by atomic mass is 9.83. The van der Waals surface area contributed by atoms with Crippen molar-refractivity contribution in [3.63, 3.8) is 0 Å². The number of thiophene rings is 1. The van der Waals surface area contributed by atoms with Gasteiger partial charge < -0.3 is 5.32 Å². The molecule has 1 aliphatic carbocycles. The summed E-state index contributed by atoms with van der Waals surface area (Å²) >= 11 is 11.1. The molecule has 0 unspecified atom stereocenters. The Hall–Kier alpha value is 0.430. The quantitative estimate of drug-likeness (QED) is 0.808. The van der Waals surface area contributed by atoms with Crippen LogP contribution in [0.15, 0.2) is 10.5 Å². The fourth-order valence-corrected chi connectivity index (χ4v) is 4.17. The van der Waals surface area contributed by atoms with Crippen molar-refractivity contribution in [1.82, 2.24) is 5.32 Å². The van der Waals surface area contributed by atoms with Gasteiger partial charge in [-0.2, -0.15) is 0 Å². The molecular formula is C13H19BrClNS. The zero-order chi connectivity index (χ0) is 12.3. The molecule has 0 saturated heterocycles. The van der Waals surface area contributed by atoms with Crippen LogP contribution in [0.3, 0.4) is 0 Å². The molecule has 1 nitrogen and oxygen atoms in total. The molecule has 1 saturated carbocycles. The van der Waals surface area contributed by atoms with Crippen LogP contribution in [0.5, 0.6) is 0 Å². The van der Waals surface area contributed by atoms with E-state index in [0.717, 1.165) is 33.7 Å². The highest BCUT2D eigenvalue weighted by molar-refractivity contribution is 9.10. The molecule has 0 atom stereocenters. The van der Waals surface area contributed by atoms with E-state index in [1.54, 1.807) is 11.3 Å². The maximum absolute atomic E-state index is 6.02. The Labute approximate surface area is 121 Å². The van der Waals surface area contributed by atoms with E-state index in [1.165, 1.54) is 30.6 Å². The second kappa shape index (κ2) is 6.55. The molecular weight excluding hydrogens is 318 g/mol. The van der Waals surface area contributed by atoms with E-state index in [-0.39, 0.29) is 0 Å². The number of hydrogen-bond acceptors (Lipinski definition) is 2. The standard InChI is InChI=1S/C13H19BrClNS/c1-9-2-4-10(5-3-9)7-16-8-11-6-12(14)13(15)17-11/h6,9-10,16H,2-5,7-8H2,1H3. The SMILES string of the molecule is CC1CCC(CNCc2cc(Br)c(Cl)s2)CC1. The van der Waals surface area contributed by atoms with E-state index >= 15 is 0 Å². The minimum atomic E-state index is 0.855. The van der Waals surface area contributed by atoms with Gasteiger partial charge in [0.05, 0.1) is 0 Å². The molecule has 1 fully saturated rings.